The number of benzene rings is 1. The van der Waals surface area contributed by atoms with Gasteiger partial charge in [-0.1, -0.05) is 24.3 Å². The Balaban J connectivity index is 1.48. The molecule has 1 aromatic carbocycles. The number of hydrogen-bond donors (Lipinski definition) is 0. The molecule has 0 saturated heterocycles. The maximum absolute atomic E-state index is 13.4. The van der Waals surface area contributed by atoms with E-state index < -0.39 is 0 Å². The number of thiazole rings is 1. The van der Waals surface area contributed by atoms with Crippen molar-refractivity contribution in [1.82, 2.24) is 9.88 Å². The second-order valence-corrected chi connectivity index (χ2v) is 7.92. The van der Waals surface area contributed by atoms with Gasteiger partial charge in [-0.2, -0.15) is 0 Å². The monoisotopic (exact) mass is 364 g/mol. The molecular formula is C21H20N2O2S. The first kappa shape index (κ1) is 15.8. The van der Waals surface area contributed by atoms with Crippen molar-refractivity contribution < 1.29 is 9.21 Å². The van der Waals surface area contributed by atoms with Crippen LogP contribution in [-0.2, 0) is 6.42 Å². The Bertz CT molecular complexity index is 927. The Morgan fingerprint density at radius 3 is 2.85 bits per heavy atom. The maximum atomic E-state index is 13.4. The molecule has 1 atom stereocenters. The van der Waals surface area contributed by atoms with Gasteiger partial charge in [0.15, 0.2) is 10.8 Å². The fourth-order valence-electron chi connectivity index (χ4n) is 3.95. The highest BCUT2D eigenvalue weighted by molar-refractivity contribution is 7.13. The lowest BCUT2D eigenvalue weighted by molar-refractivity contribution is 0.0632. The molecule has 0 aliphatic heterocycles. The van der Waals surface area contributed by atoms with E-state index in [-0.39, 0.29) is 11.9 Å². The zero-order valence-corrected chi connectivity index (χ0v) is 15.2. The lowest BCUT2D eigenvalue weighted by atomic mass is 9.86. The highest BCUT2D eigenvalue weighted by Crippen LogP contribution is 2.41. The molecule has 0 bridgehead atoms. The number of hydrogen-bond acceptors (Lipinski definition) is 4. The van der Waals surface area contributed by atoms with Gasteiger partial charge in [0.2, 0.25) is 0 Å². The molecule has 1 fully saturated rings. The first-order valence-corrected chi connectivity index (χ1v) is 10.1. The number of aromatic nitrogens is 1. The van der Waals surface area contributed by atoms with Gasteiger partial charge < -0.3 is 9.32 Å². The lowest BCUT2D eigenvalue weighted by Gasteiger charge is -2.36. The first-order valence-electron chi connectivity index (χ1n) is 9.21. The molecule has 4 nitrogen and oxygen atoms in total. The number of aryl methyl sites for hydroxylation is 1. The van der Waals surface area contributed by atoms with Crippen LogP contribution in [0.5, 0.6) is 0 Å². The molecule has 2 aromatic heterocycles. The minimum atomic E-state index is 0.0586. The molecule has 132 valence electrons. The smallest absolute Gasteiger partial charge is 0.274 e. The van der Waals surface area contributed by atoms with Crippen molar-refractivity contribution >= 4 is 17.2 Å². The number of carbonyl (C=O) groups excluding carboxylic acids is 1. The van der Waals surface area contributed by atoms with Gasteiger partial charge in [0.05, 0.1) is 12.3 Å². The van der Waals surface area contributed by atoms with Crippen molar-refractivity contribution in [3.8, 4) is 10.8 Å². The average Bonchev–Trinajstić information content (AvgIpc) is 3.16. The van der Waals surface area contributed by atoms with Crippen LogP contribution < -0.4 is 0 Å². The summed E-state index contributed by atoms with van der Waals surface area (Å²) in [6.45, 7) is 0. The Morgan fingerprint density at radius 1 is 1.15 bits per heavy atom. The number of fused-ring (bicyclic) bond motifs is 1. The summed E-state index contributed by atoms with van der Waals surface area (Å²) < 4.78 is 5.42. The molecule has 1 amide bonds. The van der Waals surface area contributed by atoms with Crippen LogP contribution in [-0.4, -0.2) is 21.8 Å². The third-order valence-corrected chi connectivity index (χ3v) is 6.16. The van der Waals surface area contributed by atoms with Crippen LogP contribution in [0.2, 0.25) is 0 Å². The Labute approximate surface area is 156 Å². The quantitative estimate of drug-likeness (QED) is 0.648. The molecule has 0 radical (unpaired) electrons. The Morgan fingerprint density at radius 2 is 2.04 bits per heavy atom. The van der Waals surface area contributed by atoms with E-state index in [1.165, 1.54) is 22.5 Å². The molecule has 2 aliphatic rings. The number of rotatable bonds is 4. The lowest BCUT2D eigenvalue weighted by Crippen LogP contribution is -2.38. The van der Waals surface area contributed by atoms with Crippen molar-refractivity contribution in [2.45, 2.75) is 44.2 Å². The number of carbonyl (C=O) groups is 1. The standard InChI is InChI=1S/C21H20N2O2S/c24-21(17-13-26-20(22-17)19-9-4-12-25-19)23(15-10-11-15)18-8-3-6-14-5-1-2-7-16(14)18/h1-2,4-5,7,9,12-13,15,18H,3,6,8,10-11H2. The highest BCUT2D eigenvalue weighted by atomic mass is 32.1. The fourth-order valence-corrected chi connectivity index (χ4v) is 4.71. The third kappa shape index (κ3) is 2.76. The summed E-state index contributed by atoms with van der Waals surface area (Å²) in [4.78, 5) is 20.0. The number of furan rings is 1. The third-order valence-electron chi connectivity index (χ3n) is 5.30. The second kappa shape index (κ2) is 6.40. The summed E-state index contributed by atoms with van der Waals surface area (Å²) in [7, 11) is 0. The average molecular weight is 364 g/mol. The van der Waals surface area contributed by atoms with E-state index >= 15 is 0 Å². The summed E-state index contributed by atoms with van der Waals surface area (Å²) in [5.74, 6) is 0.776. The molecule has 1 saturated carbocycles. The van der Waals surface area contributed by atoms with Gasteiger partial charge in [-0.15, -0.1) is 11.3 Å². The summed E-state index contributed by atoms with van der Waals surface area (Å²) in [5.41, 5.74) is 3.24. The van der Waals surface area contributed by atoms with E-state index in [1.54, 1.807) is 6.26 Å². The van der Waals surface area contributed by atoms with Gasteiger partial charge >= 0.3 is 0 Å². The van der Waals surface area contributed by atoms with Gasteiger partial charge in [-0.25, -0.2) is 4.98 Å². The van der Waals surface area contributed by atoms with Crippen molar-refractivity contribution in [3.63, 3.8) is 0 Å². The summed E-state index contributed by atoms with van der Waals surface area (Å²) in [6, 6.07) is 12.8. The summed E-state index contributed by atoms with van der Waals surface area (Å²) in [6.07, 6.45) is 7.10. The molecular weight excluding hydrogens is 344 g/mol. The SMILES string of the molecule is O=C(c1csc(-c2ccco2)n1)N(C1CC1)C1CCCc2ccccc21. The van der Waals surface area contributed by atoms with Gasteiger partial charge in [0.1, 0.15) is 5.69 Å². The maximum Gasteiger partial charge on any atom is 0.274 e. The van der Waals surface area contributed by atoms with Gasteiger partial charge in [0.25, 0.3) is 5.91 Å². The van der Waals surface area contributed by atoms with Crippen molar-refractivity contribution in [2.75, 3.05) is 0 Å². The first-order chi connectivity index (χ1) is 12.8. The highest BCUT2D eigenvalue weighted by Gasteiger charge is 2.40. The van der Waals surface area contributed by atoms with Crippen LogP contribution >= 0.6 is 11.3 Å². The normalized spacial score (nSPS) is 19.2. The topological polar surface area (TPSA) is 46.3 Å². The zero-order chi connectivity index (χ0) is 17.5. The zero-order valence-electron chi connectivity index (χ0n) is 14.4. The van der Waals surface area contributed by atoms with Crippen LogP contribution in [0.4, 0.5) is 0 Å². The summed E-state index contributed by atoms with van der Waals surface area (Å²) in [5, 5.41) is 2.63. The molecule has 26 heavy (non-hydrogen) atoms. The molecule has 0 N–H and O–H groups in total. The Kier molecular flexibility index (Phi) is 3.89. The molecule has 0 spiro atoms. The number of nitrogens with zero attached hydrogens (tertiary/aromatic N) is 2. The van der Waals surface area contributed by atoms with E-state index in [0.717, 1.165) is 42.9 Å². The van der Waals surface area contributed by atoms with E-state index in [1.807, 2.05) is 17.5 Å². The number of amides is 1. The molecule has 3 aromatic rings. The second-order valence-electron chi connectivity index (χ2n) is 7.07. The minimum Gasteiger partial charge on any atom is -0.462 e. The molecule has 5 heteroatoms. The van der Waals surface area contributed by atoms with E-state index in [2.05, 4.69) is 34.1 Å². The molecule has 1 unspecified atom stereocenters. The summed E-state index contributed by atoms with van der Waals surface area (Å²) >= 11 is 1.47. The predicted octanol–water partition coefficient (Wildman–Crippen LogP) is 5.09. The van der Waals surface area contributed by atoms with E-state index in [9.17, 15) is 4.79 Å². The molecule has 2 heterocycles. The largest absolute Gasteiger partial charge is 0.462 e. The van der Waals surface area contributed by atoms with Crippen molar-refractivity contribution in [2.24, 2.45) is 0 Å². The van der Waals surface area contributed by atoms with Gasteiger partial charge in [0, 0.05) is 11.4 Å². The van der Waals surface area contributed by atoms with E-state index in [4.69, 9.17) is 4.42 Å². The van der Waals surface area contributed by atoms with E-state index in [0.29, 0.717) is 11.7 Å². The molecule has 5 rings (SSSR count). The van der Waals surface area contributed by atoms with Crippen molar-refractivity contribution in [1.29, 1.82) is 0 Å². The Hall–Kier alpha value is -2.40. The fraction of sp³-hybridized carbons (Fsp3) is 0.333. The van der Waals surface area contributed by atoms with Crippen molar-refractivity contribution in [3.05, 3.63) is 64.9 Å². The predicted molar refractivity (Wildman–Crippen MR) is 101 cm³/mol. The molecule has 2 aliphatic carbocycles. The van der Waals surface area contributed by atoms with Gasteiger partial charge in [-0.05, 0) is 55.4 Å². The van der Waals surface area contributed by atoms with Gasteiger partial charge in [-0.3, -0.25) is 4.79 Å². The minimum absolute atomic E-state index is 0.0586. The van der Waals surface area contributed by atoms with Crippen LogP contribution in [0.3, 0.4) is 0 Å². The van der Waals surface area contributed by atoms with Crippen LogP contribution in [0.15, 0.2) is 52.5 Å². The van der Waals surface area contributed by atoms with Crippen LogP contribution in [0.25, 0.3) is 10.8 Å². The van der Waals surface area contributed by atoms with Crippen LogP contribution in [0, 0.1) is 0 Å². The van der Waals surface area contributed by atoms with Crippen LogP contribution in [0.1, 0.15) is 53.3 Å².